The number of nitrogens with one attached hydrogen (secondary N) is 1. The first-order valence-electron chi connectivity index (χ1n) is 6.42. The van der Waals surface area contributed by atoms with E-state index >= 15 is 0 Å². The maximum atomic E-state index is 13.6. The molecule has 1 aromatic carbocycles. The van der Waals surface area contributed by atoms with Gasteiger partial charge in [-0.05, 0) is 32.3 Å². The van der Waals surface area contributed by atoms with E-state index in [1.54, 1.807) is 6.92 Å². The average molecular weight is 269 g/mol. The quantitative estimate of drug-likeness (QED) is 0.884. The van der Waals surface area contributed by atoms with Crippen LogP contribution in [0.5, 0.6) is 0 Å². The first kappa shape index (κ1) is 13.9. The highest BCUT2D eigenvalue weighted by Gasteiger charge is 2.32. The lowest BCUT2D eigenvalue weighted by molar-refractivity contribution is -0.128. The van der Waals surface area contributed by atoms with Crippen LogP contribution in [0.4, 0.5) is 8.78 Å². The fourth-order valence-electron chi connectivity index (χ4n) is 2.50. The molecule has 1 aromatic rings. The lowest BCUT2D eigenvalue weighted by Crippen LogP contribution is -2.36. The molecule has 0 aromatic heterocycles. The summed E-state index contributed by atoms with van der Waals surface area (Å²) in [4.78, 5) is 12.0. The highest BCUT2D eigenvalue weighted by molar-refractivity contribution is 5.80. The van der Waals surface area contributed by atoms with Crippen LogP contribution in [0.15, 0.2) is 18.2 Å². The molecule has 1 amide bonds. The standard InChI is InChI=1S/C14H17F2NO2/c1-8(10-6-5-9(15)7-12(10)16)17-14(19)11-3-2-4-13(11)18/h5-8,11,13,18H,2-4H2,1H3,(H,17,19). The molecule has 3 atom stereocenters. The van der Waals surface area contributed by atoms with E-state index in [9.17, 15) is 18.7 Å². The summed E-state index contributed by atoms with van der Waals surface area (Å²) >= 11 is 0. The number of amides is 1. The Labute approximate surface area is 110 Å². The van der Waals surface area contributed by atoms with Gasteiger partial charge in [-0.2, -0.15) is 0 Å². The fraction of sp³-hybridized carbons (Fsp3) is 0.500. The van der Waals surface area contributed by atoms with Gasteiger partial charge >= 0.3 is 0 Å². The van der Waals surface area contributed by atoms with E-state index in [-0.39, 0.29) is 11.5 Å². The Morgan fingerprint density at radius 2 is 2.16 bits per heavy atom. The third-order valence-corrected chi connectivity index (χ3v) is 3.60. The summed E-state index contributed by atoms with van der Waals surface area (Å²) in [6.45, 7) is 1.63. The maximum absolute atomic E-state index is 13.6. The third-order valence-electron chi connectivity index (χ3n) is 3.60. The number of benzene rings is 1. The number of halogens is 2. The molecule has 3 unspecified atom stereocenters. The van der Waals surface area contributed by atoms with E-state index in [4.69, 9.17) is 0 Å². The number of aliphatic hydroxyl groups excluding tert-OH is 1. The Hall–Kier alpha value is -1.49. The molecule has 2 rings (SSSR count). The van der Waals surface area contributed by atoms with E-state index in [1.165, 1.54) is 6.07 Å². The molecule has 1 saturated carbocycles. The molecule has 0 saturated heterocycles. The number of hydrogen-bond donors (Lipinski definition) is 2. The SMILES string of the molecule is CC(NC(=O)C1CCCC1O)c1ccc(F)cc1F. The number of hydrogen-bond acceptors (Lipinski definition) is 2. The normalized spacial score (nSPS) is 24.2. The van der Waals surface area contributed by atoms with Gasteiger partial charge in [0.15, 0.2) is 0 Å². The largest absolute Gasteiger partial charge is 0.392 e. The van der Waals surface area contributed by atoms with Crippen LogP contribution in [0.25, 0.3) is 0 Å². The van der Waals surface area contributed by atoms with Gasteiger partial charge in [0.2, 0.25) is 5.91 Å². The molecule has 0 spiro atoms. The van der Waals surface area contributed by atoms with Gasteiger partial charge in [0.1, 0.15) is 11.6 Å². The molecule has 0 radical (unpaired) electrons. The van der Waals surface area contributed by atoms with Crippen molar-refractivity contribution in [1.82, 2.24) is 5.32 Å². The Morgan fingerprint density at radius 3 is 2.74 bits per heavy atom. The van der Waals surface area contributed by atoms with Crippen molar-refractivity contribution in [2.24, 2.45) is 5.92 Å². The van der Waals surface area contributed by atoms with Gasteiger partial charge in [-0.15, -0.1) is 0 Å². The van der Waals surface area contributed by atoms with Crippen molar-refractivity contribution in [1.29, 1.82) is 0 Å². The van der Waals surface area contributed by atoms with E-state index in [0.29, 0.717) is 12.8 Å². The fourth-order valence-corrected chi connectivity index (χ4v) is 2.50. The predicted molar refractivity (Wildman–Crippen MR) is 66.3 cm³/mol. The molecule has 3 nitrogen and oxygen atoms in total. The number of rotatable bonds is 3. The van der Waals surface area contributed by atoms with Gasteiger partial charge in [-0.1, -0.05) is 6.07 Å². The lowest BCUT2D eigenvalue weighted by Gasteiger charge is -2.19. The second kappa shape index (κ2) is 5.65. The van der Waals surface area contributed by atoms with Crippen LogP contribution in [-0.2, 0) is 4.79 Å². The van der Waals surface area contributed by atoms with Crippen molar-refractivity contribution in [3.8, 4) is 0 Å². The highest BCUT2D eigenvalue weighted by atomic mass is 19.1. The van der Waals surface area contributed by atoms with Crippen LogP contribution in [-0.4, -0.2) is 17.1 Å². The van der Waals surface area contributed by atoms with Gasteiger partial charge < -0.3 is 10.4 Å². The van der Waals surface area contributed by atoms with Gasteiger partial charge in [0.25, 0.3) is 0 Å². The predicted octanol–water partition coefficient (Wildman–Crippen LogP) is 2.30. The zero-order chi connectivity index (χ0) is 14.0. The summed E-state index contributed by atoms with van der Waals surface area (Å²) in [7, 11) is 0. The monoisotopic (exact) mass is 269 g/mol. The molecule has 1 aliphatic rings. The highest BCUT2D eigenvalue weighted by Crippen LogP contribution is 2.27. The van der Waals surface area contributed by atoms with Crippen LogP contribution in [0.1, 0.15) is 37.8 Å². The minimum atomic E-state index is -0.681. The van der Waals surface area contributed by atoms with Crippen molar-refractivity contribution in [3.05, 3.63) is 35.4 Å². The number of carbonyl (C=O) groups is 1. The molecule has 1 fully saturated rings. The molecule has 2 N–H and O–H groups in total. The lowest BCUT2D eigenvalue weighted by atomic mass is 10.0. The maximum Gasteiger partial charge on any atom is 0.226 e. The zero-order valence-corrected chi connectivity index (χ0v) is 10.7. The summed E-state index contributed by atoms with van der Waals surface area (Å²) in [5, 5.41) is 12.3. The first-order chi connectivity index (χ1) is 8.99. The second-order valence-corrected chi connectivity index (χ2v) is 5.00. The summed E-state index contributed by atoms with van der Waals surface area (Å²) in [5.41, 5.74) is 0.238. The van der Waals surface area contributed by atoms with E-state index in [0.717, 1.165) is 18.6 Å². The van der Waals surface area contributed by atoms with Crippen molar-refractivity contribution >= 4 is 5.91 Å². The van der Waals surface area contributed by atoms with Gasteiger partial charge in [-0.3, -0.25) is 4.79 Å². The minimum absolute atomic E-state index is 0.238. The van der Waals surface area contributed by atoms with E-state index < -0.39 is 29.7 Å². The molecule has 1 aliphatic carbocycles. The Balaban J connectivity index is 2.04. The van der Waals surface area contributed by atoms with Crippen LogP contribution in [0, 0.1) is 17.6 Å². The Kier molecular flexibility index (Phi) is 4.14. The molecular weight excluding hydrogens is 252 g/mol. The zero-order valence-electron chi connectivity index (χ0n) is 10.7. The van der Waals surface area contributed by atoms with Gasteiger partial charge in [0, 0.05) is 11.6 Å². The molecular formula is C14H17F2NO2. The minimum Gasteiger partial charge on any atom is -0.392 e. The topological polar surface area (TPSA) is 49.3 Å². The number of carbonyl (C=O) groups excluding carboxylic acids is 1. The Morgan fingerprint density at radius 1 is 1.42 bits per heavy atom. The van der Waals surface area contributed by atoms with Crippen LogP contribution < -0.4 is 5.32 Å². The average Bonchev–Trinajstić information content (AvgIpc) is 2.75. The van der Waals surface area contributed by atoms with Crippen LogP contribution in [0.2, 0.25) is 0 Å². The summed E-state index contributed by atoms with van der Waals surface area (Å²) in [6.07, 6.45) is 1.46. The molecule has 5 heteroatoms. The third kappa shape index (κ3) is 3.10. The second-order valence-electron chi connectivity index (χ2n) is 5.00. The van der Waals surface area contributed by atoms with E-state index in [1.807, 2.05) is 0 Å². The Bertz CT molecular complexity index is 479. The molecule has 0 bridgehead atoms. The summed E-state index contributed by atoms with van der Waals surface area (Å²) < 4.78 is 26.4. The molecule has 0 heterocycles. The van der Waals surface area contributed by atoms with Crippen molar-refractivity contribution in [2.45, 2.75) is 38.3 Å². The van der Waals surface area contributed by atoms with Crippen molar-refractivity contribution in [2.75, 3.05) is 0 Å². The first-order valence-corrected chi connectivity index (χ1v) is 6.42. The summed E-state index contributed by atoms with van der Waals surface area (Å²) in [5.74, 6) is -2.03. The van der Waals surface area contributed by atoms with Crippen LogP contribution in [0.3, 0.4) is 0 Å². The smallest absolute Gasteiger partial charge is 0.226 e. The molecule has 0 aliphatic heterocycles. The number of aliphatic hydroxyl groups is 1. The molecule has 19 heavy (non-hydrogen) atoms. The van der Waals surface area contributed by atoms with E-state index in [2.05, 4.69) is 5.32 Å². The van der Waals surface area contributed by atoms with Gasteiger partial charge in [-0.25, -0.2) is 8.78 Å². The summed E-state index contributed by atoms with van der Waals surface area (Å²) in [6, 6.07) is 2.72. The van der Waals surface area contributed by atoms with Crippen molar-refractivity contribution in [3.63, 3.8) is 0 Å². The van der Waals surface area contributed by atoms with Crippen molar-refractivity contribution < 1.29 is 18.7 Å². The van der Waals surface area contributed by atoms with Gasteiger partial charge in [0.05, 0.1) is 18.1 Å². The van der Waals surface area contributed by atoms with Crippen LogP contribution >= 0.6 is 0 Å². The molecule has 104 valence electrons.